The van der Waals surface area contributed by atoms with Gasteiger partial charge in [-0.25, -0.2) is 4.98 Å². The Morgan fingerprint density at radius 2 is 1.69 bits per heavy atom. The highest BCUT2D eigenvalue weighted by Crippen LogP contribution is 2.30. The molecule has 1 atom stereocenters. The van der Waals surface area contributed by atoms with Crippen LogP contribution in [0.4, 0.5) is 0 Å². The highest BCUT2D eigenvalue weighted by molar-refractivity contribution is 5.44. The van der Waals surface area contributed by atoms with Crippen LogP contribution in [-0.2, 0) is 12.0 Å². The van der Waals surface area contributed by atoms with Crippen LogP contribution in [0.2, 0.25) is 0 Å². The lowest BCUT2D eigenvalue weighted by atomic mass is 9.87. The number of aromatic amines is 1. The van der Waals surface area contributed by atoms with Crippen LogP contribution in [0.3, 0.4) is 0 Å². The van der Waals surface area contributed by atoms with E-state index >= 15 is 0 Å². The summed E-state index contributed by atoms with van der Waals surface area (Å²) >= 11 is 0. The lowest BCUT2D eigenvalue weighted by Crippen LogP contribution is -2.14. The lowest BCUT2D eigenvalue weighted by molar-refractivity contribution is 0.296. The molecule has 7 nitrogen and oxygen atoms in total. The summed E-state index contributed by atoms with van der Waals surface area (Å²) in [5, 5.41) is 7.13. The second-order valence-electron chi connectivity index (χ2n) is 7.80. The van der Waals surface area contributed by atoms with Crippen molar-refractivity contribution >= 4 is 0 Å². The molecule has 2 aromatic carbocycles. The third-order valence-electron chi connectivity index (χ3n) is 4.69. The van der Waals surface area contributed by atoms with Crippen molar-refractivity contribution in [3.63, 3.8) is 0 Å². The van der Waals surface area contributed by atoms with E-state index in [0.717, 1.165) is 11.3 Å². The number of nitrogens with two attached hydrogens (primary N) is 1. The molecule has 0 bridgehead atoms. The van der Waals surface area contributed by atoms with Crippen LogP contribution in [0.5, 0.6) is 17.2 Å². The second kappa shape index (κ2) is 8.53. The molecule has 3 aromatic rings. The molecule has 0 saturated heterocycles. The fourth-order valence-corrected chi connectivity index (χ4v) is 2.91. The number of aromatic nitrogens is 3. The number of benzene rings is 2. The Labute approximate surface area is 171 Å². The highest BCUT2D eigenvalue weighted by Gasteiger charge is 2.17. The molecule has 0 aliphatic carbocycles. The first-order valence-corrected chi connectivity index (χ1v) is 9.44. The Balaban J connectivity index is 1.66. The van der Waals surface area contributed by atoms with E-state index < -0.39 is 6.04 Å². The van der Waals surface area contributed by atoms with Crippen molar-refractivity contribution in [2.45, 2.75) is 38.8 Å². The third kappa shape index (κ3) is 4.86. The monoisotopic (exact) mass is 396 g/mol. The van der Waals surface area contributed by atoms with Gasteiger partial charge in [0.25, 0.3) is 0 Å². The predicted molar refractivity (Wildman–Crippen MR) is 111 cm³/mol. The quantitative estimate of drug-likeness (QED) is 0.632. The van der Waals surface area contributed by atoms with E-state index in [9.17, 15) is 0 Å². The minimum atomic E-state index is -0.495. The first-order valence-electron chi connectivity index (χ1n) is 9.44. The number of ether oxygens (including phenoxy) is 3. The van der Waals surface area contributed by atoms with Crippen LogP contribution < -0.4 is 19.9 Å². The zero-order chi connectivity index (χ0) is 21.0. The molecule has 1 unspecified atom stereocenters. The summed E-state index contributed by atoms with van der Waals surface area (Å²) < 4.78 is 16.4. The van der Waals surface area contributed by atoms with Gasteiger partial charge in [-0.05, 0) is 40.8 Å². The molecule has 0 amide bonds. The minimum absolute atomic E-state index is 0.110. The van der Waals surface area contributed by atoms with Crippen molar-refractivity contribution in [2.75, 3.05) is 14.2 Å². The Morgan fingerprint density at radius 1 is 1.00 bits per heavy atom. The summed E-state index contributed by atoms with van der Waals surface area (Å²) in [7, 11) is 3.18. The molecule has 0 aliphatic heterocycles. The molecule has 0 aliphatic rings. The van der Waals surface area contributed by atoms with E-state index in [4.69, 9.17) is 19.9 Å². The standard InChI is InChI=1S/C22H28N4O3/c1-22(2,3)15-7-9-16(10-8-15)29-13-19-24-21(26-25-19)20(23)14-6-11-17(27-4)18(12-14)28-5/h6-12,20H,13,23H2,1-5H3,(H,24,25,26). The van der Waals surface area contributed by atoms with E-state index in [0.29, 0.717) is 23.1 Å². The van der Waals surface area contributed by atoms with Crippen molar-refractivity contribution in [2.24, 2.45) is 5.73 Å². The smallest absolute Gasteiger partial charge is 0.172 e. The summed E-state index contributed by atoms with van der Waals surface area (Å²) in [6, 6.07) is 13.1. The Kier molecular flexibility index (Phi) is 6.08. The van der Waals surface area contributed by atoms with E-state index in [-0.39, 0.29) is 12.0 Å². The maximum absolute atomic E-state index is 6.33. The van der Waals surface area contributed by atoms with Gasteiger partial charge < -0.3 is 19.9 Å². The van der Waals surface area contributed by atoms with Gasteiger partial charge in [0.1, 0.15) is 12.4 Å². The zero-order valence-electron chi connectivity index (χ0n) is 17.5. The molecule has 7 heteroatoms. The largest absolute Gasteiger partial charge is 0.493 e. The number of nitrogens with zero attached hydrogens (tertiary/aromatic N) is 2. The fourth-order valence-electron chi connectivity index (χ4n) is 2.91. The van der Waals surface area contributed by atoms with E-state index in [1.165, 1.54) is 5.56 Å². The normalized spacial score (nSPS) is 12.5. The maximum Gasteiger partial charge on any atom is 0.172 e. The second-order valence-corrected chi connectivity index (χ2v) is 7.80. The predicted octanol–water partition coefficient (Wildman–Crippen LogP) is 3.75. The number of hydrogen-bond donors (Lipinski definition) is 2. The number of methoxy groups -OCH3 is 2. The topological polar surface area (TPSA) is 95.3 Å². The molecular weight excluding hydrogens is 368 g/mol. The van der Waals surface area contributed by atoms with Crippen LogP contribution in [0.1, 0.15) is 49.6 Å². The van der Waals surface area contributed by atoms with Crippen LogP contribution in [0.25, 0.3) is 0 Å². The zero-order valence-corrected chi connectivity index (χ0v) is 17.5. The average molecular weight is 396 g/mol. The van der Waals surface area contributed by atoms with Gasteiger partial charge in [-0.1, -0.05) is 39.0 Å². The van der Waals surface area contributed by atoms with Crippen LogP contribution in [0.15, 0.2) is 42.5 Å². The van der Waals surface area contributed by atoms with Gasteiger partial charge in [0.15, 0.2) is 23.1 Å². The van der Waals surface area contributed by atoms with Crippen LogP contribution in [-0.4, -0.2) is 29.4 Å². The van der Waals surface area contributed by atoms with Gasteiger partial charge in [0.2, 0.25) is 0 Å². The molecule has 29 heavy (non-hydrogen) atoms. The number of H-pyrrole nitrogens is 1. The minimum Gasteiger partial charge on any atom is -0.493 e. The molecule has 0 spiro atoms. The summed E-state index contributed by atoms with van der Waals surface area (Å²) in [4.78, 5) is 4.47. The van der Waals surface area contributed by atoms with Crippen molar-refractivity contribution in [1.82, 2.24) is 15.2 Å². The summed E-state index contributed by atoms with van der Waals surface area (Å²) in [6.07, 6.45) is 0. The van der Waals surface area contributed by atoms with E-state index in [1.54, 1.807) is 14.2 Å². The van der Waals surface area contributed by atoms with E-state index in [2.05, 4.69) is 48.1 Å². The maximum atomic E-state index is 6.33. The molecule has 0 fully saturated rings. The van der Waals surface area contributed by atoms with Crippen molar-refractivity contribution in [3.8, 4) is 17.2 Å². The highest BCUT2D eigenvalue weighted by atomic mass is 16.5. The van der Waals surface area contributed by atoms with Crippen molar-refractivity contribution in [1.29, 1.82) is 0 Å². The molecule has 3 rings (SSSR count). The van der Waals surface area contributed by atoms with Crippen molar-refractivity contribution in [3.05, 3.63) is 65.2 Å². The summed E-state index contributed by atoms with van der Waals surface area (Å²) in [6.45, 7) is 6.82. The molecule has 154 valence electrons. The number of nitrogens with one attached hydrogen (secondary N) is 1. The SMILES string of the molecule is COc1ccc(C(N)c2n[nH]c(COc3ccc(C(C)(C)C)cc3)n2)cc1OC. The molecule has 0 radical (unpaired) electrons. The Morgan fingerprint density at radius 3 is 2.31 bits per heavy atom. The molecule has 3 N–H and O–H groups in total. The first kappa shape index (κ1) is 20.7. The fraction of sp³-hybridized carbons (Fsp3) is 0.364. The Hall–Kier alpha value is -3.06. The Bertz CT molecular complexity index is 945. The van der Waals surface area contributed by atoms with Gasteiger partial charge in [-0.2, -0.15) is 5.10 Å². The molecular formula is C22H28N4O3. The van der Waals surface area contributed by atoms with Crippen molar-refractivity contribution < 1.29 is 14.2 Å². The summed E-state index contributed by atoms with van der Waals surface area (Å²) in [5.41, 5.74) is 8.52. The van der Waals surface area contributed by atoms with E-state index in [1.807, 2.05) is 30.3 Å². The van der Waals surface area contributed by atoms with Gasteiger partial charge in [-0.15, -0.1) is 0 Å². The molecule has 1 aromatic heterocycles. The molecule has 0 saturated carbocycles. The van der Waals surface area contributed by atoms with Crippen LogP contribution >= 0.6 is 0 Å². The van der Waals surface area contributed by atoms with Gasteiger partial charge in [-0.3, -0.25) is 5.10 Å². The lowest BCUT2D eigenvalue weighted by Gasteiger charge is -2.19. The molecule has 1 heterocycles. The summed E-state index contributed by atoms with van der Waals surface area (Å²) in [5.74, 6) is 3.12. The third-order valence-corrected chi connectivity index (χ3v) is 4.69. The first-order chi connectivity index (χ1) is 13.8. The van der Waals surface area contributed by atoms with Gasteiger partial charge >= 0.3 is 0 Å². The van der Waals surface area contributed by atoms with Crippen LogP contribution in [0, 0.1) is 0 Å². The van der Waals surface area contributed by atoms with Gasteiger partial charge in [0, 0.05) is 0 Å². The number of hydrogen-bond acceptors (Lipinski definition) is 6. The number of rotatable bonds is 7. The average Bonchev–Trinajstić information content (AvgIpc) is 3.20. The van der Waals surface area contributed by atoms with Gasteiger partial charge in [0.05, 0.1) is 20.3 Å².